The minimum Gasteiger partial charge on any atom is -0.492 e. The number of nitrogens with zero attached hydrogens (tertiary/aromatic N) is 1. The van der Waals surface area contributed by atoms with Gasteiger partial charge in [0.1, 0.15) is 28.6 Å². The zero-order valence-electron chi connectivity index (χ0n) is 13.2. The molecule has 0 radical (unpaired) electrons. The molecule has 0 aliphatic carbocycles. The van der Waals surface area contributed by atoms with Gasteiger partial charge >= 0.3 is 0 Å². The van der Waals surface area contributed by atoms with Crippen LogP contribution in [-0.4, -0.2) is 20.0 Å². The summed E-state index contributed by atoms with van der Waals surface area (Å²) < 4.78 is 60.3. The molecule has 1 N–H and O–H groups in total. The van der Waals surface area contributed by atoms with Gasteiger partial charge in [0.15, 0.2) is 0 Å². The first-order valence-corrected chi connectivity index (χ1v) is 8.89. The Kier molecular flexibility index (Phi) is 4.54. The van der Waals surface area contributed by atoms with Crippen molar-refractivity contribution in [1.29, 1.82) is 0 Å². The third-order valence-electron chi connectivity index (χ3n) is 3.48. The summed E-state index contributed by atoms with van der Waals surface area (Å²) in [6.45, 7) is 2.18. The van der Waals surface area contributed by atoms with Crippen LogP contribution in [-0.2, 0) is 10.0 Å². The van der Waals surface area contributed by atoms with Gasteiger partial charge in [0.05, 0.1) is 11.5 Å². The Morgan fingerprint density at radius 2 is 1.80 bits per heavy atom. The maximum atomic E-state index is 13.8. The van der Waals surface area contributed by atoms with Crippen molar-refractivity contribution in [2.24, 2.45) is 0 Å². The van der Waals surface area contributed by atoms with E-state index in [0.717, 1.165) is 18.2 Å². The first-order chi connectivity index (χ1) is 11.9. The van der Waals surface area contributed by atoms with E-state index in [0.29, 0.717) is 17.9 Å². The second kappa shape index (κ2) is 6.64. The fourth-order valence-electron chi connectivity index (χ4n) is 2.41. The standard InChI is InChI=1S/C17H14F2N2O3S/c1-2-24-14-8-9-15(11-5-4-10-20-16(11)14)25(22,23)21-17-12(18)6-3-7-13(17)19/h3-10,21H,2H2,1H3. The monoisotopic (exact) mass is 364 g/mol. The SMILES string of the molecule is CCOc1ccc(S(=O)(=O)Nc2c(F)cccc2F)c2cccnc12. The molecule has 0 aliphatic heterocycles. The lowest BCUT2D eigenvalue weighted by atomic mass is 10.2. The molecule has 0 atom stereocenters. The Labute approximate surface area is 143 Å². The number of sulfonamides is 1. The van der Waals surface area contributed by atoms with Crippen LogP contribution in [0.1, 0.15) is 6.92 Å². The lowest BCUT2D eigenvalue weighted by molar-refractivity contribution is 0.343. The third-order valence-corrected chi connectivity index (χ3v) is 4.89. The Morgan fingerprint density at radius 3 is 2.48 bits per heavy atom. The molecule has 0 bridgehead atoms. The molecular formula is C17H14F2N2O3S. The number of nitrogens with one attached hydrogen (secondary N) is 1. The maximum Gasteiger partial charge on any atom is 0.262 e. The van der Waals surface area contributed by atoms with Crippen molar-refractivity contribution in [3.05, 3.63) is 60.3 Å². The molecule has 3 rings (SSSR count). The number of anilines is 1. The molecule has 5 nitrogen and oxygen atoms in total. The number of fused-ring (bicyclic) bond motifs is 1. The van der Waals surface area contributed by atoms with Crippen LogP contribution in [0.5, 0.6) is 5.75 Å². The Bertz CT molecular complexity index is 1020. The molecule has 130 valence electrons. The van der Waals surface area contributed by atoms with Crippen molar-refractivity contribution in [2.75, 3.05) is 11.3 Å². The number of pyridine rings is 1. The predicted octanol–water partition coefficient (Wildman–Crippen LogP) is 3.71. The topological polar surface area (TPSA) is 68.3 Å². The van der Waals surface area contributed by atoms with Crippen molar-refractivity contribution < 1.29 is 21.9 Å². The molecule has 8 heteroatoms. The highest BCUT2D eigenvalue weighted by Gasteiger charge is 2.22. The molecule has 1 heterocycles. The predicted molar refractivity (Wildman–Crippen MR) is 90.1 cm³/mol. The van der Waals surface area contributed by atoms with Crippen LogP contribution in [0, 0.1) is 11.6 Å². The van der Waals surface area contributed by atoms with E-state index >= 15 is 0 Å². The fourth-order valence-corrected chi connectivity index (χ4v) is 3.69. The van der Waals surface area contributed by atoms with E-state index in [1.54, 1.807) is 19.1 Å². The van der Waals surface area contributed by atoms with Crippen molar-refractivity contribution in [3.8, 4) is 5.75 Å². The summed E-state index contributed by atoms with van der Waals surface area (Å²) in [6.07, 6.45) is 1.51. The number of aromatic nitrogens is 1. The summed E-state index contributed by atoms with van der Waals surface area (Å²) in [7, 11) is -4.24. The first kappa shape index (κ1) is 17.1. The van der Waals surface area contributed by atoms with E-state index in [1.165, 1.54) is 18.3 Å². The van der Waals surface area contributed by atoms with Crippen molar-refractivity contribution in [2.45, 2.75) is 11.8 Å². The minimum absolute atomic E-state index is 0.151. The molecule has 0 unspecified atom stereocenters. The van der Waals surface area contributed by atoms with Crippen LogP contribution in [0.2, 0.25) is 0 Å². The van der Waals surface area contributed by atoms with Gasteiger partial charge in [-0.2, -0.15) is 0 Å². The van der Waals surface area contributed by atoms with Crippen LogP contribution in [0.15, 0.2) is 53.6 Å². The van der Waals surface area contributed by atoms with Gasteiger partial charge in [-0.1, -0.05) is 6.07 Å². The molecule has 2 aromatic carbocycles. The van der Waals surface area contributed by atoms with Gasteiger partial charge in [-0.15, -0.1) is 0 Å². The minimum atomic E-state index is -4.24. The number of ether oxygens (including phenoxy) is 1. The fraction of sp³-hybridized carbons (Fsp3) is 0.118. The Balaban J connectivity index is 2.14. The second-order valence-electron chi connectivity index (χ2n) is 5.10. The zero-order chi connectivity index (χ0) is 18.0. The third kappa shape index (κ3) is 3.25. The number of hydrogen-bond donors (Lipinski definition) is 1. The van der Waals surface area contributed by atoms with E-state index in [1.807, 2.05) is 4.72 Å². The van der Waals surface area contributed by atoms with Gasteiger partial charge in [-0.05, 0) is 43.3 Å². The van der Waals surface area contributed by atoms with Gasteiger partial charge in [-0.25, -0.2) is 17.2 Å². The number of halogens is 2. The number of hydrogen-bond acceptors (Lipinski definition) is 4. The van der Waals surface area contributed by atoms with Crippen LogP contribution in [0.3, 0.4) is 0 Å². The molecule has 0 spiro atoms. The average molecular weight is 364 g/mol. The van der Waals surface area contributed by atoms with Crippen LogP contribution in [0.25, 0.3) is 10.9 Å². The molecule has 0 fully saturated rings. The van der Waals surface area contributed by atoms with Crippen LogP contribution >= 0.6 is 0 Å². The average Bonchev–Trinajstić information content (AvgIpc) is 2.59. The molecule has 0 amide bonds. The number of para-hydroxylation sites is 1. The summed E-state index contributed by atoms with van der Waals surface area (Å²) in [5, 5.41) is 0.290. The molecule has 1 aromatic heterocycles. The highest BCUT2D eigenvalue weighted by molar-refractivity contribution is 7.93. The van der Waals surface area contributed by atoms with Crippen molar-refractivity contribution in [3.63, 3.8) is 0 Å². The van der Waals surface area contributed by atoms with Gasteiger partial charge < -0.3 is 4.74 Å². The van der Waals surface area contributed by atoms with Gasteiger partial charge in [0.25, 0.3) is 10.0 Å². The van der Waals surface area contributed by atoms with Crippen molar-refractivity contribution >= 4 is 26.6 Å². The molecule has 3 aromatic rings. The summed E-state index contributed by atoms with van der Waals surface area (Å²) in [5.74, 6) is -1.58. The summed E-state index contributed by atoms with van der Waals surface area (Å²) >= 11 is 0. The lowest BCUT2D eigenvalue weighted by Crippen LogP contribution is -2.16. The molecule has 0 saturated carbocycles. The summed E-state index contributed by atoms with van der Waals surface area (Å²) in [4.78, 5) is 4.00. The maximum absolute atomic E-state index is 13.8. The van der Waals surface area contributed by atoms with E-state index in [9.17, 15) is 17.2 Å². The highest BCUT2D eigenvalue weighted by atomic mass is 32.2. The van der Waals surface area contributed by atoms with E-state index < -0.39 is 27.3 Å². The van der Waals surface area contributed by atoms with Gasteiger partial charge in [-0.3, -0.25) is 9.71 Å². The van der Waals surface area contributed by atoms with Crippen LogP contribution < -0.4 is 9.46 Å². The summed E-state index contributed by atoms with van der Waals surface area (Å²) in [6, 6.07) is 9.00. The quantitative estimate of drug-likeness (QED) is 0.749. The van der Waals surface area contributed by atoms with Crippen LogP contribution in [0.4, 0.5) is 14.5 Å². The molecule has 0 saturated heterocycles. The second-order valence-corrected chi connectivity index (χ2v) is 6.75. The highest BCUT2D eigenvalue weighted by Crippen LogP contribution is 2.31. The number of rotatable bonds is 5. The number of benzene rings is 2. The molecular weight excluding hydrogens is 350 g/mol. The largest absolute Gasteiger partial charge is 0.492 e. The van der Waals surface area contributed by atoms with E-state index in [-0.39, 0.29) is 10.3 Å². The summed E-state index contributed by atoms with van der Waals surface area (Å²) in [5.41, 5.74) is -0.380. The first-order valence-electron chi connectivity index (χ1n) is 7.41. The molecule has 0 aliphatic rings. The smallest absolute Gasteiger partial charge is 0.262 e. The van der Waals surface area contributed by atoms with Crippen molar-refractivity contribution in [1.82, 2.24) is 4.98 Å². The van der Waals surface area contributed by atoms with Gasteiger partial charge in [0.2, 0.25) is 0 Å². The van der Waals surface area contributed by atoms with E-state index in [2.05, 4.69) is 4.98 Å². The van der Waals surface area contributed by atoms with Gasteiger partial charge in [0, 0.05) is 11.6 Å². The lowest BCUT2D eigenvalue weighted by Gasteiger charge is -2.13. The Hall–Kier alpha value is -2.74. The Morgan fingerprint density at radius 1 is 1.08 bits per heavy atom. The normalized spacial score (nSPS) is 11.5. The van der Waals surface area contributed by atoms with E-state index in [4.69, 9.17) is 4.74 Å². The zero-order valence-corrected chi connectivity index (χ0v) is 14.0. The molecule has 25 heavy (non-hydrogen) atoms.